The fourth-order valence-electron chi connectivity index (χ4n) is 3.23. The Morgan fingerprint density at radius 2 is 1.93 bits per heavy atom. The molecule has 134 valence electrons. The van der Waals surface area contributed by atoms with Crippen LogP contribution in [0, 0.1) is 18.3 Å². The maximum absolute atomic E-state index is 9.73. The summed E-state index contributed by atoms with van der Waals surface area (Å²) < 4.78 is 5.60. The van der Waals surface area contributed by atoms with Crippen molar-refractivity contribution in [1.82, 2.24) is 10.2 Å². The third kappa shape index (κ3) is 2.93. The Morgan fingerprint density at radius 1 is 1.19 bits per heavy atom. The first-order valence-corrected chi connectivity index (χ1v) is 8.93. The second-order valence-electron chi connectivity index (χ2n) is 6.27. The van der Waals surface area contributed by atoms with Crippen LogP contribution in [0.2, 0.25) is 10.0 Å². The molecule has 1 aliphatic heterocycles. The van der Waals surface area contributed by atoms with Gasteiger partial charge in [-0.25, -0.2) is 0 Å². The van der Waals surface area contributed by atoms with E-state index in [9.17, 15) is 5.26 Å². The molecule has 3 N–H and O–H groups in total. The van der Waals surface area contributed by atoms with E-state index in [1.807, 2.05) is 31.2 Å². The lowest BCUT2D eigenvalue weighted by Crippen LogP contribution is -2.21. The highest BCUT2D eigenvalue weighted by Crippen LogP contribution is 2.47. The van der Waals surface area contributed by atoms with E-state index < -0.39 is 5.92 Å². The van der Waals surface area contributed by atoms with Gasteiger partial charge in [0.05, 0.1) is 17.2 Å². The SMILES string of the molecule is Cc1ccc(-c2[nH]nc3c2[C@@H](c2ccc(Cl)cc2Cl)C(C#N)=C(N)O3)cc1. The number of nitrogens with two attached hydrogens (primary N) is 1. The predicted octanol–water partition coefficient (Wildman–Crippen LogP) is 4.91. The molecule has 0 fully saturated rings. The van der Waals surface area contributed by atoms with Crippen molar-refractivity contribution in [1.29, 1.82) is 5.26 Å². The van der Waals surface area contributed by atoms with Crippen LogP contribution in [0.25, 0.3) is 11.3 Å². The first kappa shape index (κ1) is 17.5. The summed E-state index contributed by atoms with van der Waals surface area (Å²) in [4.78, 5) is 0. The molecule has 7 heteroatoms. The molecule has 27 heavy (non-hydrogen) atoms. The number of hydrogen-bond donors (Lipinski definition) is 2. The van der Waals surface area contributed by atoms with Crippen LogP contribution in [-0.4, -0.2) is 10.2 Å². The summed E-state index contributed by atoms with van der Waals surface area (Å²) in [5.41, 5.74) is 10.5. The number of allylic oxidation sites excluding steroid dienone is 1. The van der Waals surface area contributed by atoms with Crippen molar-refractivity contribution in [2.75, 3.05) is 0 Å². The van der Waals surface area contributed by atoms with Crippen molar-refractivity contribution in [3.05, 3.63) is 80.7 Å². The molecular weight excluding hydrogens is 383 g/mol. The number of aromatic nitrogens is 2. The molecule has 2 heterocycles. The number of nitriles is 1. The molecule has 0 unspecified atom stereocenters. The summed E-state index contributed by atoms with van der Waals surface area (Å²) in [6.07, 6.45) is 0. The highest BCUT2D eigenvalue weighted by molar-refractivity contribution is 6.35. The first-order chi connectivity index (χ1) is 13.0. The lowest BCUT2D eigenvalue weighted by atomic mass is 9.83. The average Bonchev–Trinajstić information content (AvgIpc) is 3.05. The lowest BCUT2D eigenvalue weighted by Gasteiger charge is -2.25. The minimum absolute atomic E-state index is 0.0166. The molecule has 0 amide bonds. The van der Waals surface area contributed by atoms with Crippen molar-refractivity contribution >= 4 is 23.2 Å². The quantitative estimate of drug-likeness (QED) is 0.643. The number of rotatable bonds is 2. The van der Waals surface area contributed by atoms with Crippen LogP contribution in [0.1, 0.15) is 22.6 Å². The van der Waals surface area contributed by atoms with E-state index >= 15 is 0 Å². The molecule has 1 atom stereocenters. The Hall–Kier alpha value is -2.94. The van der Waals surface area contributed by atoms with Crippen LogP contribution in [0.15, 0.2) is 53.9 Å². The molecule has 2 aromatic carbocycles. The number of halogens is 2. The summed E-state index contributed by atoms with van der Waals surface area (Å²) in [5, 5.41) is 18.0. The molecule has 0 spiro atoms. The fraction of sp³-hybridized carbons (Fsp3) is 0.100. The molecular formula is C20H14Cl2N4O. The summed E-state index contributed by atoms with van der Waals surface area (Å²) in [5.74, 6) is -0.167. The minimum Gasteiger partial charge on any atom is -0.420 e. The number of benzene rings is 2. The standard InChI is InChI=1S/C20H14Cl2N4O/c1-10-2-4-11(5-3-10)18-17-16(13-7-6-12(21)8-15(13)22)14(9-23)19(24)27-20(17)26-25-18/h2-8,16H,24H2,1H3,(H,25,26)/t16-/m0/s1. The van der Waals surface area contributed by atoms with Crippen LogP contribution in [-0.2, 0) is 0 Å². The van der Waals surface area contributed by atoms with Gasteiger partial charge in [-0.2, -0.15) is 5.26 Å². The van der Waals surface area contributed by atoms with Crippen LogP contribution in [0.3, 0.4) is 0 Å². The first-order valence-electron chi connectivity index (χ1n) is 8.17. The van der Waals surface area contributed by atoms with Gasteiger partial charge in [0.2, 0.25) is 11.8 Å². The van der Waals surface area contributed by atoms with Crippen LogP contribution < -0.4 is 10.5 Å². The Labute approximate surface area is 166 Å². The monoisotopic (exact) mass is 396 g/mol. The van der Waals surface area contributed by atoms with Crippen LogP contribution >= 0.6 is 23.2 Å². The zero-order valence-corrected chi connectivity index (χ0v) is 15.8. The number of H-pyrrole nitrogens is 1. The van der Waals surface area contributed by atoms with Crippen molar-refractivity contribution in [3.63, 3.8) is 0 Å². The topological polar surface area (TPSA) is 87.7 Å². The smallest absolute Gasteiger partial charge is 0.244 e. The lowest BCUT2D eigenvalue weighted by molar-refractivity contribution is 0.379. The maximum atomic E-state index is 9.73. The van der Waals surface area contributed by atoms with Gasteiger partial charge in [-0.1, -0.05) is 59.1 Å². The van der Waals surface area contributed by atoms with E-state index in [0.29, 0.717) is 27.1 Å². The van der Waals surface area contributed by atoms with Crippen molar-refractivity contribution in [3.8, 4) is 23.2 Å². The van der Waals surface area contributed by atoms with Gasteiger partial charge in [0.25, 0.3) is 0 Å². The van der Waals surface area contributed by atoms with E-state index in [2.05, 4.69) is 16.3 Å². The van der Waals surface area contributed by atoms with E-state index in [1.165, 1.54) is 0 Å². The Kier molecular flexibility index (Phi) is 4.31. The molecule has 5 nitrogen and oxygen atoms in total. The molecule has 1 aromatic heterocycles. The highest BCUT2D eigenvalue weighted by Gasteiger charge is 2.36. The molecule has 3 aromatic rings. The molecule has 0 saturated heterocycles. The second kappa shape index (κ2) is 6.66. The molecule has 4 rings (SSSR count). The highest BCUT2D eigenvalue weighted by atomic mass is 35.5. The zero-order chi connectivity index (χ0) is 19.1. The van der Waals surface area contributed by atoms with Gasteiger partial charge in [0.15, 0.2) is 0 Å². The Morgan fingerprint density at radius 3 is 2.59 bits per heavy atom. The minimum atomic E-state index is -0.515. The number of ether oxygens (including phenoxy) is 1. The molecule has 0 saturated carbocycles. The number of aromatic amines is 1. The third-order valence-electron chi connectivity index (χ3n) is 4.55. The number of nitrogens with zero attached hydrogens (tertiary/aromatic N) is 2. The van der Waals surface area contributed by atoms with Crippen molar-refractivity contribution in [2.24, 2.45) is 5.73 Å². The number of aryl methyl sites for hydroxylation is 1. The number of fused-ring (bicyclic) bond motifs is 1. The third-order valence-corrected chi connectivity index (χ3v) is 5.12. The van der Waals surface area contributed by atoms with Gasteiger partial charge >= 0.3 is 0 Å². The average molecular weight is 397 g/mol. The molecule has 0 radical (unpaired) electrons. The van der Waals surface area contributed by atoms with Gasteiger partial charge in [0.1, 0.15) is 11.6 Å². The van der Waals surface area contributed by atoms with Gasteiger partial charge in [-0.05, 0) is 24.6 Å². The molecule has 1 aliphatic rings. The van der Waals surface area contributed by atoms with Crippen molar-refractivity contribution < 1.29 is 4.74 Å². The van der Waals surface area contributed by atoms with E-state index in [1.54, 1.807) is 18.2 Å². The van der Waals surface area contributed by atoms with E-state index in [0.717, 1.165) is 16.8 Å². The van der Waals surface area contributed by atoms with Gasteiger partial charge < -0.3 is 10.5 Å². The normalized spacial score (nSPS) is 15.9. The summed E-state index contributed by atoms with van der Waals surface area (Å²) in [6, 6.07) is 15.3. The molecule has 0 aliphatic carbocycles. The van der Waals surface area contributed by atoms with Crippen LogP contribution in [0.5, 0.6) is 5.88 Å². The van der Waals surface area contributed by atoms with Gasteiger partial charge in [-0.3, -0.25) is 5.10 Å². The number of nitrogens with one attached hydrogen (secondary N) is 1. The van der Waals surface area contributed by atoms with Gasteiger partial charge in [0, 0.05) is 15.6 Å². The maximum Gasteiger partial charge on any atom is 0.244 e. The molecule has 0 bridgehead atoms. The largest absolute Gasteiger partial charge is 0.420 e. The fourth-order valence-corrected chi connectivity index (χ4v) is 3.75. The Bertz CT molecular complexity index is 1110. The number of hydrogen-bond acceptors (Lipinski definition) is 4. The van der Waals surface area contributed by atoms with Gasteiger partial charge in [-0.15, -0.1) is 5.10 Å². The predicted molar refractivity (Wildman–Crippen MR) is 105 cm³/mol. The Balaban J connectivity index is 1.97. The summed E-state index contributed by atoms with van der Waals surface area (Å²) in [7, 11) is 0. The summed E-state index contributed by atoms with van der Waals surface area (Å²) in [6.45, 7) is 2.02. The second-order valence-corrected chi connectivity index (χ2v) is 7.12. The van der Waals surface area contributed by atoms with E-state index in [-0.39, 0.29) is 11.5 Å². The van der Waals surface area contributed by atoms with Crippen molar-refractivity contribution in [2.45, 2.75) is 12.8 Å². The van der Waals surface area contributed by atoms with Crippen LogP contribution in [0.4, 0.5) is 0 Å². The van der Waals surface area contributed by atoms with E-state index in [4.69, 9.17) is 33.7 Å². The zero-order valence-electron chi connectivity index (χ0n) is 14.3. The summed E-state index contributed by atoms with van der Waals surface area (Å²) >= 11 is 12.5.